The Hall–Kier alpha value is -1.88. The number of carbonyl (C=O) groups is 1. The second kappa shape index (κ2) is 6.33. The van der Waals surface area contributed by atoms with Gasteiger partial charge in [0.1, 0.15) is 0 Å². The minimum atomic E-state index is -0.304. The molecule has 0 fully saturated rings. The maximum atomic E-state index is 11.5. The van der Waals surface area contributed by atoms with Crippen LogP contribution in [0, 0.1) is 0 Å². The van der Waals surface area contributed by atoms with Crippen molar-refractivity contribution < 1.29 is 9.53 Å². The van der Waals surface area contributed by atoms with Crippen molar-refractivity contribution in [2.45, 2.75) is 12.1 Å². The molecule has 19 heavy (non-hydrogen) atoms. The van der Waals surface area contributed by atoms with Crippen LogP contribution in [0.15, 0.2) is 41.7 Å². The summed E-state index contributed by atoms with van der Waals surface area (Å²) in [6, 6.07) is 9.05. The first-order valence-electron chi connectivity index (χ1n) is 5.89. The van der Waals surface area contributed by atoms with E-state index in [9.17, 15) is 4.79 Å². The zero-order valence-corrected chi connectivity index (χ0v) is 11.6. The molecular weight excluding hydrogens is 260 g/mol. The molecule has 1 aromatic carbocycles. The second-order valence-corrected chi connectivity index (χ2v) is 4.50. The highest BCUT2D eigenvalue weighted by molar-refractivity contribution is 7.98. The third-order valence-electron chi connectivity index (χ3n) is 2.51. The summed E-state index contributed by atoms with van der Waals surface area (Å²) in [4.78, 5) is 20.1. The largest absolute Gasteiger partial charge is 0.462 e. The third-order valence-corrected chi connectivity index (χ3v) is 3.07. The van der Waals surface area contributed by atoms with Gasteiger partial charge in [0.2, 0.25) is 0 Å². The number of thioether (sulfide) groups is 1. The van der Waals surface area contributed by atoms with E-state index < -0.39 is 0 Å². The van der Waals surface area contributed by atoms with Crippen molar-refractivity contribution >= 4 is 17.7 Å². The predicted molar refractivity (Wildman–Crippen MR) is 75.2 cm³/mol. The fraction of sp³-hybridized carbons (Fsp3) is 0.214. The quantitative estimate of drug-likeness (QED) is 0.487. The van der Waals surface area contributed by atoms with Gasteiger partial charge in [0.15, 0.2) is 5.16 Å². The summed E-state index contributed by atoms with van der Waals surface area (Å²) in [5.41, 5.74) is 2.34. The molecule has 0 bridgehead atoms. The smallest absolute Gasteiger partial charge is 0.338 e. The van der Waals surface area contributed by atoms with Crippen molar-refractivity contribution in [1.82, 2.24) is 9.97 Å². The zero-order chi connectivity index (χ0) is 13.7. The van der Waals surface area contributed by atoms with Gasteiger partial charge in [-0.3, -0.25) is 0 Å². The van der Waals surface area contributed by atoms with Crippen molar-refractivity contribution in [2.75, 3.05) is 12.9 Å². The monoisotopic (exact) mass is 274 g/mol. The highest BCUT2D eigenvalue weighted by Crippen LogP contribution is 2.19. The summed E-state index contributed by atoms with van der Waals surface area (Å²) in [5.74, 6) is -0.304. The van der Waals surface area contributed by atoms with E-state index in [0.717, 1.165) is 16.4 Å². The summed E-state index contributed by atoms with van der Waals surface area (Å²) in [6.45, 7) is 2.17. The van der Waals surface area contributed by atoms with Crippen LogP contribution in [-0.2, 0) is 4.74 Å². The molecule has 2 aromatic rings. The van der Waals surface area contributed by atoms with E-state index in [4.69, 9.17) is 4.74 Å². The molecule has 0 saturated carbocycles. The third kappa shape index (κ3) is 3.32. The Balaban J connectivity index is 2.24. The van der Waals surface area contributed by atoms with E-state index in [0.29, 0.717) is 12.2 Å². The lowest BCUT2D eigenvalue weighted by molar-refractivity contribution is 0.0526. The highest BCUT2D eigenvalue weighted by Gasteiger charge is 2.07. The van der Waals surface area contributed by atoms with Gasteiger partial charge in [0.05, 0.1) is 17.9 Å². The van der Waals surface area contributed by atoms with Gasteiger partial charge in [0.25, 0.3) is 0 Å². The highest BCUT2D eigenvalue weighted by atomic mass is 32.2. The van der Waals surface area contributed by atoms with E-state index in [2.05, 4.69) is 9.97 Å². The van der Waals surface area contributed by atoms with Gasteiger partial charge in [-0.2, -0.15) is 0 Å². The Morgan fingerprint density at radius 3 is 2.63 bits per heavy atom. The number of rotatable bonds is 4. The minimum absolute atomic E-state index is 0.304. The Morgan fingerprint density at radius 2 is 2.00 bits per heavy atom. The zero-order valence-electron chi connectivity index (χ0n) is 10.8. The Labute approximate surface area is 116 Å². The lowest BCUT2D eigenvalue weighted by Crippen LogP contribution is -2.04. The first kappa shape index (κ1) is 13.5. The number of esters is 1. The lowest BCUT2D eigenvalue weighted by atomic mass is 10.1. The van der Waals surface area contributed by atoms with E-state index in [1.165, 1.54) is 11.8 Å². The number of hydrogen-bond acceptors (Lipinski definition) is 5. The minimum Gasteiger partial charge on any atom is -0.462 e. The van der Waals surface area contributed by atoms with Crippen LogP contribution in [-0.4, -0.2) is 28.8 Å². The molecule has 0 saturated heterocycles. The van der Waals surface area contributed by atoms with Crippen LogP contribution in [0.25, 0.3) is 11.3 Å². The van der Waals surface area contributed by atoms with Gasteiger partial charge in [-0.15, -0.1) is 0 Å². The van der Waals surface area contributed by atoms with E-state index >= 15 is 0 Å². The van der Waals surface area contributed by atoms with Gasteiger partial charge < -0.3 is 4.74 Å². The normalized spacial score (nSPS) is 10.2. The van der Waals surface area contributed by atoms with Crippen LogP contribution in [0.1, 0.15) is 17.3 Å². The molecule has 2 rings (SSSR count). The van der Waals surface area contributed by atoms with Crippen molar-refractivity contribution in [2.24, 2.45) is 0 Å². The maximum Gasteiger partial charge on any atom is 0.338 e. The van der Waals surface area contributed by atoms with E-state index in [-0.39, 0.29) is 5.97 Å². The van der Waals surface area contributed by atoms with Crippen LogP contribution >= 0.6 is 11.8 Å². The number of ether oxygens (including phenoxy) is 1. The molecule has 0 aliphatic rings. The topological polar surface area (TPSA) is 52.1 Å². The average molecular weight is 274 g/mol. The molecule has 0 aliphatic carbocycles. The van der Waals surface area contributed by atoms with Crippen molar-refractivity contribution in [3.63, 3.8) is 0 Å². The SMILES string of the molecule is CCOC(=O)c1ccc(-c2ccnc(SC)n2)cc1. The summed E-state index contributed by atoms with van der Waals surface area (Å²) in [6.07, 6.45) is 3.66. The first-order valence-corrected chi connectivity index (χ1v) is 7.11. The van der Waals surface area contributed by atoms with Crippen LogP contribution in [0.2, 0.25) is 0 Å². The molecule has 1 aromatic heterocycles. The molecule has 0 atom stereocenters. The van der Waals surface area contributed by atoms with Gasteiger partial charge in [0, 0.05) is 11.8 Å². The lowest BCUT2D eigenvalue weighted by Gasteiger charge is -2.04. The predicted octanol–water partition coefficient (Wildman–Crippen LogP) is 3.04. The molecule has 4 nitrogen and oxygen atoms in total. The molecule has 0 amide bonds. The van der Waals surface area contributed by atoms with E-state index in [1.807, 2.05) is 24.5 Å². The Kier molecular flexibility index (Phi) is 4.52. The number of carbonyl (C=O) groups excluding carboxylic acids is 1. The van der Waals surface area contributed by atoms with Crippen LogP contribution < -0.4 is 0 Å². The molecule has 1 heterocycles. The van der Waals surface area contributed by atoms with Crippen LogP contribution in [0.5, 0.6) is 0 Å². The number of benzene rings is 1. The van der Waals surface area contributed by atoms with Gasteiger partial charge in [-0.1, -0.05) is 23.9 Å². The molecule has 0 radical (unpaired) electrons. The van der Waals surface area contributed by atoms with Crippen molar-refractivity contribution in [3.8, 4) is 11.3 Å². The molecule has 98 valence electrons. The molecule has 0 N–H and O–H groups in total. The molecule has 0 unspecified atom stereocenters. The Morgan fingerprint density at radius 1 is 1.26 bits per heavy atom. The fourth-order valence-corrected chi connectivity index (χ4v) is 1.95. The number of hydrogen-bond donors (Lipinski definition) is 0. The standard InChI is InChI=1S/C14H14N2O2S/c1-3-18-13(17)11-6-4-10(5-7-11)12-8-9-15-14(16-12)19-2/h4-9H,3H2,1-2H3. The Bertz CT molecular complexity index is 570. The van der Waals surface area contributed by atoms with Crippen molar-refractivity contribution in [3.05, 3.63) is 42.1 Å². The van der Waals surface area contributed by atoms with E-state index in [1.54, 1.807) is 25.3 Å². The average Bonchev–Trinajstić information content (AvgIpc) is 2.48. The molecular formula is C14H14N2O2S. The fourth-order valence-electron chi connectivity index (χ4n) is 1.59. The van der Waals surface area contributed by atoms with Gasteiger partial charge >= 0.3 is 5.97 Å². The van der Waals surface area contributed by atoms with Crippen LogP contribution in [0.3, 0.4) is 0 Å². The summed E-state index contributed by atoms with van der Waals surface area (Å²) in [5, 5.41) is 0.729. The summed E-state index contributed by atoms with van der Waals surface area (Å²) in [7, 11) is 0. The summed E-state index contributed by atoms with van der Waals surface area (Å²) >= 11 is 1.50. The molecule has 0 aliphatic heterocycles. The molecule has 0 spiro atoms. The summed E-state index contributed by atoms with van der Waals surface area (Å²) < 4.78 is 4.94. The van der Waals surface area contributed by atoms with Crippen molar-refractivity contribution in [1.29, 1.82) is 0 Å². The van der Waals surface area contributed by atoms with Gasteiger partial charge in [-0.25, -0.2) is 14.8 Å². The second-order valence-electron chi connectivity index (χ2n) is 3.73. The molecule has 5 heteroatoms. The number of aromatic nitrogens is 2. The number of nitrogens with zero attached hydrogens (tertiary/aromatic N) is 2. The maximum absolute atomic E-state index is 11.5. The first-order chi connectivity index (χ1) is 9.24. The van der Waals surface area contributed by atoms with Gasteiger partial charge in [-0.05, 0) is 31.4 Å². The van der Waals surface area contributed by atoms with Crippen LogP contribution in [0.4, 0.5) is 0 Å².